The maximum Gasteiger partial charge on any atom is -0.00715 e. The fourth-order valence-corrected chi connectivity index (χ4v) is 3.50. The molecule has 0 heterocycles. The molecule has 0 aliphatic rings. The highest BCUT2D eigenvalue weighted by atomic mass is 14.5. The molecule has 0 aliphatic carbocycles. The Bertz CT molecular complexity index is 391. The van der Waals surface area contributed by atoms with Gasteiger partial charge in [0.05, 0.1) is 0 Å². The molecule has 1 nitrogen and oxygen atoms in total. The minimum atomic E-state index is 0.516. The summed E-state index contributed by atoms with van der Waals surface area (Å²) in [5.41, 5.74) is 9.15. The lowest BCUT2D eigenvalue weighted by atomic mass is 9.76. The van der Waals surface area contributed by atoms with Crippen LogP contribution in [0.1, 0.15) is 83.3 Å². The molecule has 0 aliphatic heterocycles. The van der Waals surface area contributed by atoms with Crippen LogP contribution in [-0.4, -0.2) is 6.54 Å². The molecule has 0 saturated carbocycles. The van der Waals surface area contributed by atoms with Crippen molar-refractivity contribution in [3.8, 4) is 0 Å². The van der Waals surface area contributed by atoms with Crippen LogP contribution in [0.2, 0.25) is 0 Å². The maximum atomic E-state index is 5.69. The first kappa shape index (κ1) is 18.2. The van der Waals surface area contributed by atoms with Gasteiger partial charge in [-0.05, 0) is 61.1 Å². The second kappa shape index (κ2) is 9.25. The van der Waals surface area contributed by atoms with Crippen LogP contribution in [0, 0.1) is 5.41 Å². The van der Waals surface area contributed by atoms with E-state index < -0.39 is 0 Å². The van der Waals surface area contributed by atoms with Gasteiger partial charge in [-0.15, -0.1) is 0 Å². The van der Waals surface area contributed by atoms with Crippen molar-refractivity contribution < 1.29 is 0 Å². The summed E-state index contributed by atoms with van der Waals surface area (Å²) in [6, 6.07) is 9.16. The average molecular weight is 290 g/mol. The van der Waals surface area contributed by atoms with Crippen molar-refractivity contribution in [1.29, 1.82) is 0 Å². The summed E-state index contributed by atoms with van der Waals surface area (Å²) in [7, 11) is 0. The zero-order chi connectivity index (χ0) is 15.7. The first-order chi connectivity index (χ1) is 10.0. The second-order valence-corrected chi connectivity index (χ2v) is 7.03. The van der Waals surface area contributed by atoms with Gasteiger partial charge in [-0.1, -0.05) is 64.8 Å². The van der Waals surface area contributed by atoms with Crippen molar-refractivity contribution in [3.63, 3.8) is 0 Å². The van der Waals surface area contributed by atoms with Gasteiger partial charge in [-0.3, -0.25) is 0 Å². The van der Waals surface area contributed by atoms with Crippen LogP contribution >= 0.6 is 0 Å². The molecule has 0 spiro atoms. The smallest absolute Gasteiger partial charge is 0.00715 e. The molecule has 0 radical (unpaired) electrons. The summed E-state index contributed by atoms with van der Waals surface area (Å²) < 4.78 is 0. The molecule has 1 rings (SSSR count). The van der Waals surface area contributed by atoms with Crippen molar-refractivity contribution >= 4 is 0 Å². The summed E-state index contributed by atoms with van der Waals surface area (Å²) in [5, 5.41) is 0. The van der Waals surface area contributed by atoms with Crippen LogP contribution in [0.4, 0.5) is 0 Å². The van der Waals surface area contributed by atoms with E-state index in [1.165, 1.54) is 49.7 Å². The minimum Gasteiger partial charge on any atom is -0.330 e. The van der Waals surface area contributed by atoms with E-state index in [1.54, 1.807) is 0 Å². The summed E-state index contributed by atoms with van der Waals surface area (Å²) >= 11 is 0. The molecular weight excluding hydrogens is 254 g/mol. The van der Waals surface area contributed by atoms with E-state index >= 15 is 0 Å². The lowest BCUT2D eigenvalue weighted by molar-refractivity contribution is 0.244. The Morgan fingerprint density at radius 3 is 2.33 bits per heavy atom. The minimum absolute atomic E-state index is 0.516. The molecule has 0 amide bonds. The molecule has 0 fully saturated rings. The van der Waals surface area contributed by atoms with E-state index in [-0.39, 0.29) is 0 Å². The largest absolute Gasteiger partial charge is 0.330 e. The summed E-state index contributed by atoms with van der Waals surface area (Å²) in [6.45, 7) is 10.1. The van der Waals surface area contributed by atoms with Gasteiger partial charge in [0, 0.05) is 0 Å². The Balaban J connectivity index is 2.67. The SMILES string of the molecule is CCCC(C)(CCC)CCc1cccc(C(C)CCN)c1. The predicted molar refractivity (Wildman–Crippen MR) is 94.8 cm³/mol. The molecule has 0 bridgehead atoms. The van der Waals surface area contributed by atoms with Gasteiger partial charge in [0.15, 0.2) is 0 Å². The van der Waals surface area contributed by atoms with E-state index in [2.05, 4.69) is 52.0 Å². The number of hydrogen-bond acceptors (Lipinski definition) is 1. The topological polar surface area (TPSA) is 26.0 Å². The van der Waals surface area contributed by atoms with Gasteiger partial charge < -0.3 is 5.73 Å². The third kappa shape index (κ3) is 6.22. The Kier molecular flexibility index (Phi) is 8.03. The van der Waals surface area contributed by atoms with Crippen molar-refractivity contribution in [2.24, 2.45) is 11.1 Å². The quantitative estimate of drug-likeness (QED) is 0.589. The van der Waals surface area contributed by atoms with Gasteiger partial charge in [0.25, 0.3) is 0 Å². The lowest BCUT2D eigenvalue weighted by Gasteiger charge is -2.29. The van der Waals surface area contributed by atoms with Crippen molar-refractivity contribution in [2.75, 3.05) is 6.54 Å². The van der Waals surface area contributed by atoms with Crippen LogP contribution in [0.15, 0.2) is 24.3 Å². The lowest BCUT2D eigenvalue weighted by Crippen LogP contribution is -2.17. The molecular formula is C20H35N. The number of rotatable bonds is 10. The molecule has 21 heavy (non-hydrogen) atoms. The van der Waals surface area contributed by atoms with Gasteiger partial charge in [0.2, 0.25) is 0 Å². The van der Waals surface area contributed by atoms with E-state index in [9.17, 15) is 0 Å². The second-order valence-electron chi connectivity index (χ2n) is 7.03. The van der Waals surface area contributed by atoms with E-state index in [0.717, 1.165) is 13.0 Å². The average Bonchev–Trinajstić information content (AvgIpc) is 2.46. The summed E-state index contributed by atoms with van der Waals surface area (Å²) in [6.07, 6.45) is 8.89. The molecule has 0 aromatic heterocycles. The Morgan fingerprint density at radius 1 is 1.10 bits per heavy atom. The fraction of sp³-hybridized carbons (Fsp3) is 0.700. The third-order valence-corrected chi connectivity index (χ3v) is 4.84. The van der Waals surface area contributed by atoms with Crippen LogP contribution in [0.5, 0.6) is 0 Å². The molecule has 0 saturated heterocycles. The number of benzene rings is 1. The van der Waals surface area contributed by atoms with Gasteiger partial charge in [-0.2, -0.15) is 0 Å². The predicted octanol–water partition coefficient (Wildman–Crippen LogP) is 5.68. The molecule has 1 heteroatoms. The van der Waals surface area contributed by atoms with Gasteiger partial charge >= 0.3 is 0 Å². The Morgan fingerprint density at radius 2 is 1.76 bits per heavy atom. The van der Waals surface area contributed by atoms with Crippen LogP contribution < -0.4 is 5.73 Å². The molecule has 2 N–H and O–H groups in total. The first-order valence-corrected chi connectivity index (χ1v) is 8.83. The number of hydrogen-bond donors (Lipinski definition) is 1. The highest BCUT2D eigenvalue weighted by Crippen LogP contribution is 2.34. The van der Waals surface area contributed by atoms with Crippen LogP contribution in [0.3, 0.4) is 0 Å². The standard InChI is InChI=1S/C20H35N/c1-5-12-20(4,13-6-2)14-10-18-8-7-9-19(16-18)17(3)11-15-21/h7-9,16-17H,5-6,10-15,21H2,1-4H3. The molecule has 120 valence electrons. The van der Waals surface area contributed by atoms with E-state index in [1.807, 2.05) is 0 Å². The number of nitrogens with two attached hydrogens (primary N) is 1. The number of aryl methyl sites for hydroxylation is 1. The van der Waals surface area contributed by atoms with Gasteiger partial charge in [-0.25, -0.2) is 0 Å². The normalized spacial score (nSPS) is 13.4. The zero-order valence-electron chi connectivity index (χ0n) is 14.6. The zero-order valence-corrected chi connectivity index (χ0v) is 14.6. The fourth-order valence-electron chi connectivity index (χ4n) is 3.50. The molecule has 1 unspecified atom stereocenters. The van der Waals surface area contributed by atoms with Crippen molar-refractivity contribution in [2.45, 2.75) is 78.6 Å². The molecule has 1 aromatic carbocycles. The first-order valence-electron chi connectivity index (χ1n) is 8.83. The molecule has 1 aromatic rings. The molecule has 1 atom stereocenters. The van der Waals surface area contributed by atoms with Crippen molar-refractivity contribution in [1.82, 2.24) is 0 Å². The highest BCUT2D eigenvalue weighted by Gasteiger charge is 2.21. The third-order valence-electron chi connectivity index (χ3n) is 4.84. The van der Waals surface area contributed by atoms with Crippen LogP contribution in [0.25, 0.3) is 0 Å². The van der Waals surface area contributed by atoms with Crippen LogP contribution in [-0.2, 0) is 6.42 Å². The van der Waals surface area contributed by atoms with E-state index in [0.29, 0.717) is 11.3 Å². The maximum absolute atomic E-state index is 5.69. The Labute approximate surface area is 132 Å². The monoisotopic (exact) mass is 289 g/mol. The van der Waals surface area contributed by atoms with Crippen molar-refractivity contribution in [3.05, 3.63) is 35.4 Å². The van der Waals surface area contributed by atoms with E-state index in [4.69, 9.17) is 5.73 Å². The Hall–Kier alpha value is -0.820. The summed E-state index contributed by atoms with van der Waals surface area (Å²) in [4.78, 5) is 0. The summed E-state index contributed by atoms with van der Waals surface area (Å²) in [5.74, 6) is 0.576. The highest BCUT2D eigenvalue weighted by molar-refractivity contribution is 5.26. The van der Waals surface area contributed by atoms with Gasteiger partial charge in [0.1, 0.15) is 0 Å².